The van der Waals surface area contributed by atoms with Gasteiger partial charge in [-0.15, -0.1) is 0 Å². The van der Waals surface area contributed by atoms with E-state index in [0.717, 1.165) is 74.4 Å². The summed E-state index contributed by atoms with van der Waals surface area (Å²) in [4.78, 5) is 33.7. The van der Waals surface area contributed by atoms with Crippen molar-refractivity contribution in [2.75, 3.05) is 11.1 Å². The van der Waals surface area contributed by atoms with Crippen molar-refractivity contribution in [2.45, 2.75) is 69.6 Å². The smallest absolute Gasteiger partial charge is 0.383 e. The van der Waals surface area contributed by atoms with Gasteiger partial charge in [-0.05, 0) is 69.2 Å². The van der Waals surface area contributed by atoms with Crippen molar-refractivity contribution in [3.8, 4) is 11.3 Å². The number of alkyl halides is 3. The van der Waals surface area contributed by atoms with E-state index in [1.54, 1.807) is 30.5 Å². The molecule has 6 rings (SSSR count). The number of carbonyl (C=O) groups is 2. The van der Waals surface area contributed by atoms with Crippen molar-refractivity contribution in [3.05, 3.63) is 71.6 Å². The summed E-state index contributed by atoms with van der Waals surface area (Å²) in [5.74, 6) is -0.377. The van der Waals surface area contributed by atoms with E-state index in [4.69, 9.17) is 10.8 Å². The molecular formula is C32H32F3N7O2. The Morgan fingerprint density at radius 1 is 1.07 bits per heavy atom. The average Bonchev–Trinajstić information content (AvgIpc) is 3.41. The highest BCUT2D eigenvalue weighted by Crippen LogP contribution is 2.39. The normalized spacial score (nSPS) is 19.3. The highest BCUT2D eigenvalue weighted by molar-refractivity contribution is 6.06. The number of aromatic nitrogens is 4. The van der Waals surface area contributed by atoms with Crippen LogP contribution in [0.25, 0.3) is 28.2 Å². The van der Waals surface area contributed by atoms with Gasteiger partial charge in [0, 0.05) is 41.5 Å². The minimum atomic E-state index is -4.55. The molecule has 0 unspecified atom stereocenters. The third kappa shape index (κ3) is 6.15. The number of carbonyl (C=O) groups excluding carboxylic acids is 2. The van der Waals surface area contributed by atoms with E-state index in [0.29, 0.717) is 28.9 Å². The molecular weight excluding hydrogens is 571 g/mol. The van der Waals surface area contributed by atoms with Gasteiger partial charge in [0.1, 0.15) is 17.3 Å². The van der Waals surface area contributed by atoms with Gasteiger partial charge in [-0.3, -0.25) is 14.3 Å². The standard InChI is InChI=1S/C32H32F3N7O2/c33-32(34,35)22-14-15-37-25(16-22)40-31(44)20-12-10-19(11-13-20)28-27-29-21(18-38-30(27)36)6-3-1-2-4-9-26(43)39-23-7-5-8-24(17-23)42(29)41-28/h3,6,10-16,18,23-24H,1-2,4-5,7-9,17H2,(H2,36,38)(H,39,43)(H,37,40,44)/t23-,24-/m1/s1. The lowest BCUT2D eigenvalue weighted by molar-refractivity contribution is -0.137. The summed E-state index contributed by atoms with van der Waals surface area (Å²) in [5, 5.41) is 11.4. The highest BCUT2D eigenvalue weighted by atomic mass is 19.4. The molecule has 1 saturated carbocycles. The third-order valence-corrected chi connectivity index (χ3v) is 8.21. The lowest BCUT2D eigenvalue weighted by Gasteiger charge is -2.30. The Balaban J connectivity index is 1.35. The zero-order valence-corrected chi connectivity index (χ0v) is 23.9. The van der Waals surface area contributed by atoms with Crippen LogP contribution in [0.5, 0.6) is 0 Å². The summed E-state index contributed by atoms with van der Waals surface area (Å²) in [6.07, 6.45) is 8.92. The maximum atomic E-state index is 13.1. The van der Waals surface area contributed by atoms with Gasteiger partial charge in [0.15, 0.2) is 0 Å². The molecule has 1 aromatic carbocycles. The topological polar surface area (TPSA) is 128 Å². The molecule has 2 bridgehead atoms. The largest absolute Gasteiger partial charge is 0.416 e. The van der Waals surface area contributed by atoms with E-state index in [9.17, 15) is 22.8 Å². The summed E-state index contributed by atoms with van der Waals surface area (Å²) in [7, 11) is 0. The Hall–Kier alpha value is -4.74. The number of nitrogens with one attached hydrogen (secondary N) is 2. The van der Waals surface area contributed by atoms with Gasteiger partial charge < -0.3 is 16.4 Å². The van der Waals surface area contributed by atoms with E-state index in [2.05, 4.69) is 26.7 Å². The van der Waals surface area contributed by atoms with Crippen molar-refractivity contribution < 1.29 is 22.8 Å². The van der Waals surface area contributed by atoms with Gasteiger partial charge in [-0.1, -0.05) is 24.3 Å². The fourth-order valence-corrected chi connectivity index (χ4v) is 6.03. The molecule has 2 aliphatic rings. The highest BCUT2D eigenvalue weighted by Gasteiger charge is 2.31. The van der Waals surface area contributed by atoms with Gasteiger partial charge in [-0.25, -0.2) is 9.97 Å². The molecule has 2 atom stereocenters. The van der Waals surface area contributed by atoms with Crippen molar-refractivity contribution in [3.63, 3.8) is 0 Å². The molecule has 9 nitrogen and oxygen atoms in total. The van der Waals surface area contributed by atoms with Crippen LogP contribution in [-0.4, -0.2) is 37.6 Å². The second kappa shape index (κ2) is 12.1. The number of nitrogens with two attached hydrogens (primary N) is 1. The van der Waals surface area contributed by atoms with Crippen LogP contribution in [0.4, 0.5) is 24.8 Å². The Morgan fingerprint density at radius 3 is 2.68 bits per heavy atom. The van der Waals surface area contributed by atoms with Gasteiger partial charge in [0.25, 0.3) is 5.91 Å². The van der Waals surface area contributed by atoms with E-state index in [1.165, 1.54) is 0 Å². The lowest BCUT2D eigenvalue weighted by Crippen LogP contribution is -2.39. The summed E-state index contributed by atoms with van der Waals surface area (Å²) in [6, 6.07) is 8.36. The second-order valence-corrected chi connectivity index (χ2v) is 11.3. The first-order valence-electron chi connectivity index (χ1n) is 14.7. The number of anilines is 2. The molecule has 0 saturated heterocycles. The summed E-state index contributed by atoms with van der Waals surface area (Å²) < 4.78 is 41.3. The first-order valence-corrected chi connectivity index (χ1v) is 14.7. The monoisotopic (exact) mass is 603 g/mol. The van der Waals surface area contributed by atoms with Crippen LogP contribution in [0.2, 0.25) is 0 Å². The van der Waals surface area contributed by atoms with E-state index in [-0.39, 0.29) is 29.4 Å². The SMILES string of the molecule is Nc1ncc2c3c1c(-c1ccc(C(=O)Nc4cc(C(F)(F)F)ccn4)cc1)nn3[C@@H]1CCC[C@H](C1)NC(=O)CCCCC=C2. The quantitative estimate of drug-likeness (QED) is 0.244. The molecule has 1 fully saturated rings. The van der Waals surface area contributed by atoms with Crippen LogP contribution in [0.1, 0.15) is 78.9 Å². The van der Waals surface area contributed by atoms with Crippen molar-refractivity contribution in [1.29, 1.82) is 0 Å². The van der Waals surface area contributed by atoms with Gasteiger partial charge in [0.2, 0.25) is 5.91 Å². The zero-order chi connectivity index (χ0) is 30.8. The number of nitrogen functional groups attached to an aromatic ring is 1. The van der Waals surface area contributed by atoms with Crippen LogP contribution in [0.3, 0.4) is 0 Å². The summed E-state index contributed by atoms with van der Waals surface area (Å²) in [6.45, 7) is 0. The maximum Gasteiger partial charge on any atom is 0.416 e. The van der Waals surface area contributed by atoms with E-state index < -0.39 is 17.6 Å². The third-order valence-electron chi connectivity index (χ3n) is 8.21. The van der Waals surface area contributed by atoms with Crippen molar-refractivity contribution in [1.82, 2.24) is 25.1 Å². The minimum Gasteiger partial charge on any atom is -0.383 e. The predicted molar refractivity (Wildman–Crippen MR) is 162 cm³/mol. The van der Waals surface area contributed by atoms with Crippen LogP contribution in [0.15, 0.2) is 54.9 Å². The van der Waals surface area contributed by atoms with Gasteiger partial charge in [-0.2, -0.15) is 18.3 Å². The molecule has 4 heterocycles. The molecule has 44 heavy (non-hydrogen) atoms. The molecule has 12 heteroatoms. The first kappa shape index (κ1) is 29.3. The van der Waals surface area contributed by atoms with Crippen LogP contribution in [0, 0.1) is 0 Å². The number of fused-ring (bicyclic) bond motifs is 3. The van der Waals surface area contributed by atoms with Crippen LogP contribution in [-0.2, 0) is 11.0 Å². The number of rotatable bonds is 3. The van der Waals surface area contributed by atoms with E-state index in [1.807, 2.05) is 10.8 Å². The molecule has 3 aromatic heterocycles. The number of hydrogen-bond acceptors (Lipinski definition) is 6. The Kier molecular flexibility index (Phi) is 8.07. The molecule has 2 amide bonds. The molecule has 0 radical (unpaired) electrons. The molecule has 1 aliphatic heterocycles. The van der Waals surface area contributed by atoms with Crippen LogP contribution < -0.4 is 16.4 Å². The minimum absolute atomic E-state index is 0.0344. The van der Waals surface area contributed by atoms with Crippen molar-refractivity contribution >= 4 is 40.4 Å². The summed E-state index contributed by atoms with van der Waals surface area (Å²) in [5.41, 5.74) is 8.90. The molecule has 4 N–H and O–H groups in total. The summed E-state index contributed by atoms with van der Waals surface area (Å²) >= 11 is 0. The molecule has 228 valence electrons. The Labute approximate surface area is 251 Å². The van der Waals surface area contributed by atoms with Gasteiger partial charge >= 0.3 is 6.18 Å². The number of benzene rings is 1. The maximum absolute atomic E-state index is 13.1. The fourth-order valence-electron chi connectivity index (χ4n) is 6.03. The van der Waals surface area contributed by atoms with E-state index >= 15 is 0 Å². The van der Waals surface area contributed by atoms with Crippen molar-refractivity contribution in [2.24, 2.45) is 0 Å². The lowest BCUT2D eigenvalue weighted by atomic mass is 9.90. The Morgan fingerprint density at radius 2 is 1.89 bits per heavy atom. The van der Waals surface area contributed by atoms with Crippen LogP contribution >= 0.6 is 0 Å². The number of hydrogen-bond donors (Lipinski definition) is 3. The fraction of sp³-hybridized carbons (Fsp3) is 0.344. The number of halogens is 3. The molecule has 4 aromatic rings. The van der Waals surface area contributed by atoms with Gasteiger partial charge in [0.05, 0.1) is 22.5 Å². The number of amides is 2. The molecule has 1 aliphatic carbocycles. The molecule has 0 spiro atoms. The second-order valence-electron chi connectivity index (χ2n) is 11.3. The predicted octanol–water partition coefficient (Wildman–Crippen LogP) is 6.53. The Bertz CT molecular complexity index is 1730. The number of allylic oxidation sites excluding steroid dienone is 1. The average molecular weight is 604 g/mol. The number of nitrogens with zero attached hydrogens (tertiary/aromatic N) is 4. The first-order chi connectivity index (χ1) is 21.2. The number of pyridine rings is 2. The zero-order valence-electron chi connectivity index (χ0n) is 23.9.